The van der Waals surface area contributed by atoms with Crippen LogP contribution in [0.15, 0.2) is 24.3 Å². The zero-order valence-corrected chi connectivity index (χ0v) is 13.7. The van der Waals surface area contributed by atoms with Gasteiger partial charge in [0.05, 0.1) is 0 Å². The zero-order chi connectivity index (χ0) is 14.7. The Balaban J connectivity index is 3.10. The van der Waals surface area contributed by atoms with E-state index in [4.69, 9.17) is 5.11 Å². The molecule has 0 spiro atoms. The van der Waals surface area contributed by atoms with Crippen molar-refractivity contribution in [3.8, 4) is 0 Å². The minimum Gasteiger partial charge on any atom is -0.396 e. The monoisotopic (exact) mass is 280 g/mol. The van der Waals surface area contributed by atoms with Crippen molar-refractivity contribution in [2.75, 3.05) is 6.61 Å². The van der Waals surface area contributed by atoms with Gasteiger partial charge in [-0.2, -0.15) is 0 Å². The molecule has 0 unspecified atom stereocenters. The SMILES string of the molecule is CCCCCCCCCC/C=C/CC/C=C\CCCO. The van der Waals surface area contributed by atoms with Gasteiger partial charge in [-0.1, -0.05) is 76.2 Å². The van der Waals surface area contributed by atoms with Gasteiger partial charge in [-0.3, -0.25) is 0 Å². The number of hydrogen-bond acceptors (Lipinski definition) is 1. The molecule has 0 aromatic heterocycles. The van der Waals surface area contributed by atoms with Crippen molar-refractivity contribution in [3.63, 3.8) is 0 Å². The Bertz CT molecular complexity index is 218. The van der Waals surface area contributed by atoms with Crippen molar-refractivity contribution < 1.29 is 5.11 Å². The summed E-state index contributed by atoms with van der Waals surface area (Å²) in [6.07, 6.45) is 25.8. The maximum atomic E-state index is 8.64. The Morgan fingerprint density at radius 1 is 0.550 bits per heavy atom. The lowest BCUT2D eigenvalue weighted by Crippen LogP contribution is -1.80. The van der Waals surface area contributed by atoms with Crippen molar-refractivity contribution in [3.05, 3.63) is 24.3 Å². The molecule has 0 saturated carbocycles. The molecule has 0 bridgehead atoms. The predicted molar refractivity (Wildman–Crippen MR) is 91.1 cm³/mol. The summed E-state index contributed by atoms with van der Waals surface area (Å²) in [5.41, 5.74) is 0. The van der Waals surface area contributed by atoms with Gasteiger partial charge in [-0.15, -0.1) is 0 Å². The van der Waals surface area contributed by atoms with Gasteiger partial charge in [0.1, 0.15) is 0 Å². The first-order chi connectivity index (χ1) is 9.91. The molecule has 20 heavy (non-hydrogen) atoms. The number of hydrogen-bond donors (Lipinski definition) is 1. The standard InChI is InChI=1S/C19H36O/c1-2-3-4-5-6-7-8-9-10-11-12-13-14-15-16-17-18-19-20/h11-12,15-16,20H,2-10,13-14,17-19H2,1H3/b12-11+,16-15-. The van der Waals surface area contributed by atoms with Gasteiger partial charge in [0.25, 0.3) is 0 Å². The maximum Gasteiger partial charge on any atom is 0.0433 e. The van der Waals surface area contributed by atoms with E-state index in [0.717, 1.165) is 25.7 Å². The van der Waals surface area contributed by atoms with Gasteiger partial charge >= 0.3 is 0 Å². The molecule has 118 valence electrons. The van der Waals surface area contributed by atoms with E-state index in [9.17, 15) is 0 Å². The highest BCUT2D eigenvalue weighted by molar-refractivity contribution is 4.87. The normalized spacial score (nSPS) is 11.9. The molecular formula is C19H36O. The molecule has 0 aliphatic carbocycles. The molecule has 0 atom stereocenters. The topological polar surface area (TPSA) is 20.2 Å². The van der Waals surface area contributed by atoms with Crippen LogP contribution in [0.2, 0.25) is 0 Å². The lowest BCUT2D eigenvalue weighted by molar-refractivity contribution is 0.289. The summed E-state index contributed by atoms with van der Waals surface area (Å²) >= 11 is 0. The average Bonchev–Trinajstić information content (AvgIpc) is 2.47. The molecule has 0 aromatic rings. The molecule has 0 saturated heterocycles. The van der Waals surface area contributed by atoms with Gasteiger partial charge in [-0.25, -0.2) is 0 Å². The highest BCUT2D eigenvalue weighted by Crippen LogP contribution is 2.09. The van der Waals surface area contributed by atoms with E-state index in [1.54, 1.807) is 0 Å². The van der Waals surface area contributed by atoms with Gasteiger partial charge in [0.15, 0.2) is 0 Å². The summed E-state index contributed by atoms with van der Waals surface area (Å²) in [6, 6.07) is 0. The summed E-state index contributed by atoms with van der Waals surface area (Å²) in [7, 11) is 0. The smallest absolute Gasteiger partial charge is 0.0433 e. The highest BCUT2D eigenvalue weighted by Gasteiger charge is 1.90. The molecule has 0 aliphatic heterocycles. The van der Waals surface area contributed by atoms with Crippen LogP contribution in [-0.4, -0.2) is 11.7 Å². The third-order valence-corrected chi connectivity index (χ3v) is 3.59. The number of aliphatic hydroxyl groups is 1. The van der Waals surface area contributed by atoms with Crippen molar-refractivity contribution in [2.24, 2.45) is 0 Å². The third kappa shape index (κ3) is 17.4. The molecular weight excluding hydrogens is 244 g/mol. The van der Waals surface area contributed by atoms with Crippen LogP contribution in [0.5, 0.6) is 0 Å². The van der Waals surface area contributed by atoms with Gasteiger partial charge in [0.2, 0.25) is 0 Å². The van der Waals surface area contributed by atoms with Crippen LogP contribution in [0.25, 0.3) is 0 Å². The summed E-state index contributed by atoms with van der Waals surface area (Å²) in [5, 5.41) is 8.64. The second kappa shape index (κ2) is 18.4. The first-order valence-corrected chi connectivity index (χ1v) is 8.82. The van der Waals surface area contributed by atoms with Crippen LogP contribution in [-0.2, 0) is 0 Å². The Labute approximate surface area is 127 Å². The van der Waals surface area contributed by atoms with Crippen molar-refractivity contribution >= 4 is 0 Å². The fourth-order valence-corrected chi connectivity index (χ4v) is 2.27. The van der Waals surface area contributed by atoms with Crippen LogP contribution in [0.1, 0.15) is 90.4 Å². The minimum atomic E-state index is 0.308. The summed E-state index contributed by atoms with van der Waals surface area (Å²) in [6.45, 7) is 2.58. The van der Waals surface area contributed by atoms with Crippen LogP contribution in [0.3, 0.4) is 0 Å². The highest BCUT2D eigenvalue weighted by atomic mass is 16.2. The Morgan fingerprint density at radius 2 is 1.00 bits per heavy atom. The summed E-state index contributed by atoms with van der Waals surface area (Å²) < 4.78 is 0. The first kappa shape index (κ1) is 19.4. The van der Waals surface area contributed by atoms with Gasteiger partial charge in [0, 0.05) is 6.61 Å². The predicted octanol–water partition coefficient (Wildman–Crippen LogP) is 6.18. The van der Waals surface area contributed by atoms with Crippen LogP contribution < -0.4 is 0 Å². The summed E-state index contributed by atoms with van der Waals surface area (Å²) in [4.78, 5) is 0. The molecule has 0 radical (unpaired) electrons. The van der Waals surface area contributed by atoms with Gasteiger partial charge in [-0.05, 0) is 38.5 Å². The van der Waals surface area contributed by atoms with E-state index in [2.05, 4.69) is 31.2 Å². The fourth-order valence-electron chi connectivity index (χ4n) is 2.27. The number of aliphatic hydroxyl groups excluding tert-OH is 1. The van der Waals surface area contributed by atoms with E-state index in [1.165, 1.54) is 57.8 Å². The van der Waals surface area contributed by atoms with Crippen molar-refractivity contribution in [1.29, 1.82) is 0 Å². The van der Waals surface area contributed by atoms with Crippen molar-refractivity contribution in [2.45, 2.75) is 90.4 Å². The molecule has 0 amide bonds. The third-order valence-electron chi connectivity index (χ3n) is 3.59. The van der Waals surface area contributed by atoms with E-state index in [1.807, 2.05) is 0 Å². The molecule has 1 N–H and O–H groups in total. The van der Waals surface area contributed by atoms with Gasteiger partial charge < -0.3 is 5.11 Å². The zero-order valence-electron chi connectivity index (χ0n) is 13.7. The van der Waals surface area contributed by atoms with Crippen LogP contribution in [0, 0.1) is 0 Å². The Kier molecular flexibility index (Phi) is 17.9. The fraction of sp³-hybridized carbons (Fsp3) is 0.789. The molecule has 1 nitrogen and oxygen atoms in total. The average molecular weight is 280 g/mol. The molecule has 0 aliphatic rings. The second-order valence-corrected chi connectivity index (χ2v) is 5.65. The minimum absolute atomic E-state index is 0.308. The molecule has 0 heterocycles. The Morgan fingerprint density at radius 3 is 1.55 bits per heavy atom. The number of unbranched alkanes of at least 4 members (excludes halogenated alkanes) is 10. The molecule has 0 aromatic carbocycles. The maximum absolute atomic E-state index is 8.64. The summed E-state index contributed by atoms with van der Waals surface area (Å²) in [5.74, 6) is 0. The lowest BCUT2D eigenvalue weighted by atomic mass is 10.1. The van der Waals surface area contributed by atoms with E-state index >= 15 is 0 Å². The molecule has 0 fully saturated rings. The van der Waals surface area contributed by atoms with E-state index in [0.29, 0.717) is 6.61 Å². The number of rotatable bonds is 15. The van der Waals surface area contributed by atoms with Crippen LogP contribution >= 0.6 is 0 Å². The molecule has 1 heteroatoms. The van der Waals surface area contributed by atoms with E-state index in [-0.39, 0.29) is 0 Å². The van der Waals surface area contributed by atoms with Crippen molar-refractivity contribution in [1.82, 2.24) is 0 Å². The largest absolute Gasteiger partial charge is 0.396 e. The molecule has 0 rings (SSSR count). The second-order valence-electron chi connectivity index (χ2n) is 5.65. The Hall–Kier alpha value is -0.560. The number of allylic oxidation sites excluding steroid dienone is 4. The quantitative estimate of drug-likeness (QED) is 0.280. The lowest BCUT2D eigenvalue weighted by Gasteiger charge is -1.99. The van der Waals surface area contributed by atoms with E-state index < -0.39 is 0 Å². The van der Waals surface area contributed by atoms with Crippen LogP contribution in [0.4, 0.5) is 0 Å². The first-order valence-electron chi connectivity index (χ1n) is 8.82.